The highest BCUT2D eigenvalue weighted by molar-refractivity contribution is 5.84. The highest BCUT2D eigenvalue weighted by Crippen LogP contribution is 2.08. The molecule has 0 spiro atoms. The predicted octanol–water partition coefficient (Wildman–Crippen LogP) is 1.54. The van der Waals surface area contributed by atoms with Crippen LogP contribution < -0.4 is 0 Å². The maximum Gasteiger partial charge on any atom is 0.323 e. The number of aliphatic carboxylic acids is 1. The number of carbonyl (C=O) groups excluding carboxylic acids is 1. The number of hydrogen-bond donors (Lipinski definition) is 1. The van der Waals surface area contributed by atoms with Crippen molar-refractivity contribution in [3.8, 4) is 0 Å². The van der Waals surface area contributed by atoms with Crippen molar-refractivity contribution >= 4 is 11.9 Å². The van der Waals surface area contributed by atoms with Gasteiger partial charge in [-0.1, -0.05) is 30.3 Å². The number of hydrogen-bond acceptors (Lipinski definition) is 4. The Labute approximate surface area is 130 Å². The summed E-state index contributed by atoms with van der Waals surface area (Å²) in [7, 11) is 0. The third kappa shape index (κ3) is 6.69. The average molecular weight is 309 g/mol. The zero-order valence-corrected chi connectivity index (χ0v) is 13.0. The Morgan fingerprint density at radius 2 is 1.91 bits per heavy atom. The number of amides is 1. The molecule has 0 heterocycles. The maximum absolute atomic E-state index is 12.3. The summed E-state index contributed by atoms with van der Waals surface area (Å²) in [6.45, 7) is 4.68. The molecule has 0 aliphatic heterocycles. The topological polar surface area (TPSA) is 76.1 Å². The molecule has 0 saturated carbocycles. The van der Waals surface area contributed by atoms with Gasteiger partial charge in [0.25, 0.3) is 5.91 Å². The summed E-state index contributed by atoms with van der Waals surface area (Å²) < 4.78 is 10.5. The molecular weight excluding hydrogens is 286 g/mol. The first-order valence-corrected chi connectivity index (χ1v) is 7.28. The van der Waals surface area contributed by atoms with Gasteiger partial charge in [-0.15, -0.1) is 0 Å². The monoisotopic (exact) mass is 309 g/mol. The number of carbonyl (C=O) groups is 2. The van der Waals surface area contributed by atoms with Crippen LogP contribution in [0.3, 0.4) is 0 Å². The molecular formula is C16H23NO5. The number of nitrogens with zero attached hydrogens (tertiary/aromatic N) is 1. The van der Waals surface area contributed by atoms with E-state index in [0.717, 1.165) is 5.56 Å². The Hall–Kier alpha value is -1.92. The van der Waals surface area contributed by atoms with E-state index in [1.165, 1.54) is 4.90 Å². The lowest BCUT2D eigenvalue weighted by Crippen LogP contribution is -2.41. The molecule has 1 rings (SSSR count). The van der Waals surface area contributed by atoms with Crippen LogP contribution in [0.15, 0.2) is 30.3 Å². The fraction of sp³-hybridized carbons (Fsp3) is 0.500. The molecule has 0 aromatic heterocycles. The van der Waals surface area contributed by atoms with Gasteiger partial charge in [0.05, 0.1) is 13.2 Å². The summed E-state index contributed by atoms with van der Waals surface area (Å²) in [6.07, 6.45) is -0.705. The van der Waals surface area contributed by atoms with Gasteiger partial charge in [-0.25, -0.2) is 0 Å². The number of carboxylic acids is 1. The highest BCUT2D eigenvalue weighted by atomic mass is 16.5. The van der Waals surface area contributed by atoms with Gasteiger partial charge in [-0.05, 0) is 19.4 Å². The molecule has 0 fully saturated rings. The van der Waals surface area contributed by atoms with Crippen LogP contribution in [0.2, 0.25) is 0 Å². The Morgan fingerprint density at radius 3 is 2.50 bits per heavy atom. The van der Waals surface area contributed by atoms with Crippen molar-refractivity contribution < 1.29 is 24.2 Å². The first kappa shape index (κ1) is 18.1. The zero-order chi connectivity index (χ0) is 16.4. The van der Waals surface area contributed by atoms with Gasteiger partial charge in [0.15, 0.2) is 0 Å². The van der Waals surface area contributed by atoms with E-state index in [1.54, 1.807) is 6.92 Å². The predicted molar refractivity (Wildman–Crippen MR) is 81.4 cm³/mol. The first-order valence-electron chi connectivity index (χ1n) is 7.28. The molecule has 22 heavy (non-hydrogen) atoms. The quantitative estimate of drug-likeness (QED) is 0.664. The van der Waals surface area contributed by atoms with Gasteiger partial charge in [-0.3, -0.25) is 9.59 Å². The summed E-state index contributed by atoms with van der Waals surface area (Å²) in [6, 6.07) is 9.26. The molecule has 6 nitrogen and oxygen atoms in total. The fourth-order valence-corrected chi connectivity index (χ4v) is 1.94. The second-order valence-electron chi connectivity index (χ2n) is 4.78. The van der Waals surface area contributed by atoms with Gasteiger partial charge in [0, 0.05) is 13.2 Å². The number of ether oxygens (including phenoxy) is 2. The normalized spacial score (nSPS) is 11.9. The minimum absolute atomic E-state index is 0.241. The van der Waals surface area contributed by atoms with E-state index >= 15 is 0 Å². The Morgan fingerprint density at radius 1 is 1.23 bits per heavy atom. The van der Waals surface area contributed by atoms with Crippen LogP contribution in [0.25, 0.3) is 0 Å². The van der Waals surface area contributed by atoms with E-state index in [4.69, 9.17) is 14.6 Å². The van der Waals surface area contributed by atoms with Crippen molar-refractivity contribution in [3.63, 3.8) is 0 Å². The summed E-state index contributed by atoms with van der Waals surface area (Å²) in [5.41, 5.74) is 0.874. The number of carboxylic acid groups (broad SMARTS) is 1. The van der Waals surface area contributed by atoms with Crippen LogP contribution >= 0.6 is 0 Å². The largest absolute Gasteiger partial charge is 0.480 e. The SMILES string of the molecule is CCOCCOC(C)C(=O)N(CC(=O)O)Cc1ccccc1. The molecule has 0 bridgehead atoms. The van der Waals surface area contributed by atoms with Gasteiger partial charge in [-0.2, -0.15) is 0 Å². The molecule has 122 valence electrons. The van der Waals surface area contributed by atoms with Crippen molar-refractivity contribution in [1.29, 1.82) is 0 Å². The molecule has 0 radical (unpaired) electrons. The van der Waals surface area contributed by atoms with Gasteiger partial charge >= 0.3 is 5.97 Å². The summed E-state index contributed by atoms with van der Waals surface area (Å²) in [5.74, 6) is -1.39. The minimum atomic E-state index is -1.05. The van der Waals surface area contributed by atoms with E-state index in [9.17, 15) is 9.59 Å². The Kier molecular flexibility index (Phi) is 8.17. The standard InChI is InChI=1S/C16H23NO5/c1-3-21-9-10-22-13(2)16(20)17(12-15(18)19)11-14-7-5-4-6-8-14/h4-8,13H,3,9-12H2,1-2H3,(H,18,19). The molecule has 0 aliphatic rings. The second-order valence-corrected chi connectivity index (χ2v) is 4.78. The van der Waals surface area contributed by atoms with E-state index in [2.05, 4.69) is 0 Å². The molecule has 1 amide bonds. The van der Waals surface area contributed by atoms with Gasteiger partial charge in [0.2, 0.25) is 0 Å². The van der Waals surface area contributed by atoms with Crippen molar-refractivity contribution in [1.82, 2.24) is 4.90 Å². The van der Waals surface area contributed by atoms with Gasteiger partial charge in [0.1, 0.15) is 12.6 Å². The van der Waals surface area contributed by atoms with E-state index in [1.807, 2.05) is 37.3 Å². The molecule has 1 atom stereocenters. The first-order chi connectivity index (χ1) is 10.5. The summed E-state index contributed by atoms with van der Waals surface area (Å²) >= 11 is 0. The number of benzene rings is 1. The molecule has 1 N–H and O–H groups in total. The van der Waals surface area contributed by atoms with Crippen molar-refractivity contribution in [2.45, 2.75) is 26.5 Å². The lowest BCUT2D eigenvalue weighted by atomic mass is 10.2. The zero-order valence-electron chi connectivity index (χ0n) is 13.0. The third-order valence-electron chi connectivity index (χ3n) is 3.00. The van der Waals surface area contributed by atoms with Crippen LogP contribution in [-0.4, -0.2) is 54.4 Å². The van der Waals surface area contributed by atoms with E-state index in [0.29, 0.717) is 19.8 Å². The summed E-state index contributed by atoms with van der Waals surface area (Å²) in [4.78, 5) is 24.6. The molecule has 1 aromatic rings. The lowest BCUT2D eigenvalue weighted by molar-refractivity contribution is -0.151. The second kappa shape index (κ2) is 9.92. The number of rotatable bonds is 10. The molecule has 0 aliphatic carbocycles. The minimum Gasteiger partial charge on any atom is -0.480 e. The molecule has 0 saturated heterocycles. The van der Waals surface area contributed by atoms with Crippen LogP contribution in [0, 0.1) is 0 Å². The van der Waals surface area contributed by atoms with Crippen LogP contribution in [0.4, 0.5) is 0 Å². The van der Waals surface area contributed by atoms with Crippen molar-refractivity contribution in [2.75, 3.05) is 26.4 Å². The third-order valence-corrected chi connectivity index (χ3v) is 3.00. The van der Waals surface area contributed by atoms with E-state index < -0.39 is 12.1 Å². The molecule has 1 aromatic carbocycles. The highest BCUT2D eigenvalue weighted by Gasteiger charge is 2.23. The summed E-state index contributed by atoms with van der Waals surface area (Å²) in [5, 5.41) is 8.98. The Balaban J connectivity index is 2.61. The van der Waals surface area contributed by atoms with Crippen LogP contribution in [-0.2, 0) is 25.6 Å². The Bertz CT molecular complexity index is 463. The molecule has 1 unspecified atom stereocenters. The smallest absolute Gasteiger partial charge is 0.323 e. The van der Waals surface area contributed by atoms with Crippen LogP contribution in [0.5, 0.6) is 0 Å². The maximum atomic E-state index is 12.3. The van der Waals surface area contributed by atoms with Crippen molar-refractivity contribution in [3.05, 3.63) is 35.9 Å². The van der Waals surface area contributed by atoms with E-state index in [-0.39, 0.29) is 19.0 Å². The average Bonchev–Trinajstić information content (AvgIpc) is 2.50. The fourth-order valence-electron chi connectivity index (χ4n) is 1.94. The lowest BCUT2D eigenvalue weighted by Gasteiger charge is -2.24. The molecule has 6 heteroatoms. The van der Waals surface area contributed by atoms with Crippen LogP contribution in [0.1, 0.15) is 19.4 Å². The van der Waals surface area contributed by atoms with Gasteiger partial charge < -0.3 is 19.5 Å². The van der Waals surface area contributed by atoms with Crippen molar-refractivity contribution in [2.24, 2.45) is 0 Å².